The molecule has 3 rings (SSSR count). The minimum atomic E-state index is -0.305. The first-order chi connectivity index (χ1) is 9.65. The van der Waals surface area contributed by atoms with Gasteiger partial charge >= 0.3 is 0 Å². The Labute approximate surface area is 127 Å². The third-order valence-electron chi connectivity index (χ3n) is 4.39. The molecule has 0 bridgehead atoms. The summed E-state index contributed by atoms with van der Waals surface area (Å²) in [6.07, 6.45) is 5.51. The second-order valence-electron chi connectivity index (χ2n) is 6.00. The van der Waals surface area contributed by atoms with E-state index in [9.17, 15) is 10.1 Å². The van der Waals surface area contributed by atoms with Gasteiger partial charge in [-0.25, -0.2) is 0 Å². The van der Waals surface area contributed by atoms with Crippen molar-refractivity contribution < 1.29 is 4.92 Å². The Kier molecular flexibility index (Phi) is 4.08. The summed E-state index contributed by atoms with van der Waals surface area (Å²) in [5.74, 6) is 2.62. The zero-order valence-corrected chi connectivity index (χ0v) is 12.9. The van der Waals surface area contributed by atoms with E-state index in [2.05, 4.69) is 21.2 Å². The lowest BCUT2D eigenvalue weighted by atomic mass is 9.98. The van der Waals surface area contributed by atoms with Crippen LogP contribution in [0.5, 0.6) is 0 Å². The predicted octanol–water partition coefficient (Wildman–Crippen LogP) is 3.88. The number of nitro groups is 1. The molecule has 0 unspecified atom stereocenters. The minimum Gasteiger partial charge on any atom is -0.312 e. The number of nitrogens with zero attached hydrogens (tertiary/aromatic N) is 1. The molecule has 20 heavy (non-hydrogen) atoms. The minimum absolute atomic E-state index is 0.196. The van der Waals surface area contributed by atoms with Gasteiger partial charge in [-0.2, -0.15) is 0 Å². The van der Waals surface area contributed by atoms with Crippen LogP contribution in [0.25, 0.3) is 0 Å². The zero-order chi connectivity index (χ0) is 14.1. The van der Waals surface area contributed by atoms with E-state index >= 15 is 0 Å². The van der Waals surface area contributed by atoms with Crippen LogP contribution in [-0.4, -0.2) is 11.5 Å². The Morgan fingerprint density at radius 1 is 1.30 bits per heavy atom. The molecule has 0 saturated heterocycles. The molecule has 0 radical (unpaired) electrons. The van der Waals surface area contributed by atoms with Gasteiger partial charge in [-0.3, -0.25) is 10.1 Å². The lowest BCUT2D eigenvalue weighted by Crippen LogP contribution is -2.25. The van der Waals surface area contributed by atoms with E-state index in [0.717, 1.165) is 34.3 Å². The van der Waals surface area contributed by atoms with Crippen molar-refractivity contribution in [3.63, 3.8) is 0 Å². The Morgan fingerprint density at radius 2 is 1.95 bits per heavy atom. The SMILES string of the molecule is O=[N+]([O-])c1cc(Br)ccc1CNCC(C1CC1)C1CC1. The summed E-state index contributed by atoms with van der Waals surface area (Å²) in [5, 5.41) is 14.5. The summed E-state index contributed by atoms with van der Waals surface area (Å²) in [5.41, 5.74) is 0.963. The molecule has 2 aliphatic rings. The number of nitro benzene ring substituents is 1. The van der Waals surface area contributed by atoms with Crippen molar-refractivity contribution in [1.82, 2.24) is 5.32 Å². The second-order valence-corrected chi connectivity index (χ2v) is 6.92. The molecule has 2 aliphatic carbocycles. The van der Waals surface area contributed by atoms with Crippen LogP contribution in [-0.2, 0) is 6.54 Å². The molecule has 108 valence electrons. The molecule has 1 aromatic rings. The van der Waals surface area contributed by atoms with Crippen molar-refractivity contribution in [3.05, 3.63) is 38.3 Å². The van der Waals surface area contributed by atoms with Crippen LogP contribution in [0.4, 0.5) is 5.69 Å². The third kappa shape index (κ3) is 3.38. The maximum Gasteiger partial charge on any atom is 0.275 e. The molecule has 2 fully saturated rings. The fraction of sp³-hybridized carbons (Fsp3) is 0.600. The zero-order valence-electron chi connectivity index (χ0n) is 11.3. The molecule has 0 amide bonds. The molecule has 0 aliphatic heterocycles. The number of benzene rings is 1. The summed E-state index contributed by atoms with van der Waals surface area (Å²) >= 11 is 3.29. The van der Waals surface area contributed by atoms with Crippen molar-refractivity contribution in [2.75, 3.05) is 6.54 Å². The highest BCUT2D eigenvalue weighted by molar-refractivity contribution is 9.10. The molecule has 2 saturated carbocycles. The predicted molar refractivity (Wildman–Crippen MR) is 81.4 cm³/mol. The Morgan fingerprint density at radius 3 is 2.50 bits per heavy atom. The largest absolute Gasteiger partial charge is 0.312 e. The normalized spacial score (nSPS) is 18.5. The molecule has 0 atom stereocenters. The van der Waals surface area contributed by atoms with E-state index in [1.165, 1.54) is 25.7 Å². The summed E-state index contributed by atoms with van der Waals surface area (Å²) in [6, 6.07) is 5.28. The van der Waals surface area contributed by atoms with Crippen LogP contribution in [0.15, 0.2) is 22.7 Å². The monoisotopic (exact) mass is 338 g/mol. The van der Waals surface area contributed by atoms with Crippen LogP contribution >= 0.6 is 15.9 Å². The van der Waals surface area contributed by atoms with Crippen LogP contribution in [0.2, 0.25) is 0 Å². The Balaban J connectivity index is 1.58. The van der Waals surface area contributed by atoms with Crippen LogP contribution in [0.3, 0.4) is 0 Å². The van der Waals surface area contributed by atoms with E-state index in [4.69, 9.17) is 0 Å². The van der Waals surface area contributed by atoms with Gasteiger partial charge in [0.25, 0.3) is 5.69 Å². The van der Waals surface area contributed by atoms with Gasteiger partial charge in [-0.1, -0.05) is 15.9 Å². The topological polar surface area (TPSA) is 55.2 Å². The lowest BCUT2D eigenvalue weighted by molar-refractivity contribution is -0.385. The van der Waals surface area contributed by atoms with Gasteiger partial charge in [-0.05, 0) is 62.1 Å². The average molecular weight is 339 g/mol. The van der Waals surface area contributed by atoms with Crippen LogP contribution in [0.1, 0.15) is 31.2 Å². The first-order valence-electron chi connectivity index (χ1n) is 7.28. The Bertz CT molecular complexity index is 501. The number of halogens is 1. The lowest BCUT2D eigenvalue weighted by Gasteiger charge is -2.16. The van der Waals surface area contributed by atoms with E-state index in [1.54, 1.807) is 6.07 Å². The van der Waals surface area contributed by atoms with Crippen LogP contribution < -0.4 is 5.32 Å². The van der Waals surface area contributed by atoms with Gasteiger partial charge in [0.2, 0.25) is 0 Å². The molecular weight excluding hydrogens is 320 g/mol. The standard InChI is InChI=1S/C15H19BrN2O2/c16-13-6-5-12(15(7-13)18(19)20)8-17-9-14(10-1-2-10)11-3-4-11/h5-7,10-11,14,17H,1-4,8-9H2. The van der Waals surface area contributed by atoms with Gasteiger partial charge in [0.1, 0.15) is 0 Å². The van der Waals surface area contributed by atoms with Gasteiger partial charge in [0, 0.05) is 22.6 Å². The van der Waals surface area contributed by atoms with Crippen molar-refractivity contribution in [2.45, 2.75) is 32.2 Å². The fourth-order valence-electron chi connectivity index (χ4n) is 3.00. The van der Waals surface area contributed by atoms with E-state index in [-0.39, 0.29) is 10.6 Å². The first kappa shape index (κ1) is 14.0. The summed E-state index contributed by atoms with van der Waals surface area (Å²) in [7, 11) is 0. The summed E-state index contributed by atoms with van der Waals surface area (Å²) in [4.78, 5) is 10.8. The summed E-state index contributed by atoms with van der Waals surface area (Å²) < 4.78 is 0.752. The number of nitrogens with one attached hydrogen (secondary N) is 1. The van der Waals surface area contributed by atoms with Gasteiger partial charge in [0.05, 0.1) is 4.92 Å². The van der Waals surface area contributed by atoms with Crippen molar-refractivity contribution in [1.29, 1.82) is 0 Å². The van der Waals surface area contributed by atoms with Gasteiger partial charge in [-0.15, -0.1) is 0 Å². The smallest absolute Gasteiger partial charge is 0.275 e. The molecule has 1 N–H and O–H groups in total. The van der Waals surface area contributed by atoms with Crippen molar-refractivity contribution in [2.24, 2.45) is 17.8 Å². The van der Waals surface area contributed by atoms with Crippen molar-refractivity contribution >= 4 is 21.6 Å². The van der Waals surface area contributed by atoms with E-state index in [1.807, 2.05) is 12.1 Å². The summed E-state index contributed by atoms with van der Waals surface area (Å²) in [6.45, 7) is 1.59. The maximum absolute atomic E-state index is 11.1. The molecular formula is C15H19BrN2O2. The molecule has 0 heterocycles. The fourth-order valence-corrected chi connectivity index (χ4v) is 3.35. The highest BCUT2D eigenvalue weighted by Gasteiger charge is 2.40. The van der Waals surface area contributed by atoms with E-state index < -0.39 is 0 Å². The average Bonchev–Trinajstić information content (AvgIpc) is 3.27. The van der Waals surface area contributed by atoms with Gasteiger partial charge in [0.15, 0.2) is 0 Å². The Hall–Kier alpha value is -0.940. The first-order valence-corrected chi connectivity index (χ1v) is 8.08. The van der Waals surface area contributed by atoms with Gasteiger partial charge < -0.3 is 5.32 Å². The quantitative estimate of drug-likeness (QED) is 0.606. The van der Waals surface area contributed by atoms with Crippen molar-refractivity contribution in [3.8, 4) is 0 Å². The molecule has 0 aromatic heterocycles. The molecule has 4 nitrogen and oxygen atoms in total. The molecule has 0 spiro atoms. The molecule has 1 aromatic carbocycles. The third-order valence-corrected chi connectivity index (χ3v) is 4.89. The maximum atomic E-state index is 11.1. The number of hydrogen-bond acceptors (Lipinski definition) is 3. The molecule has 5 heteroatoms. The second kappa shape index (κ2) is 5.82. The number of rotatable bonds is 7. The number of hydrogen-bond donors (Lipinski definition) is 1. The highest BCUT2D eigenvalue weighted by atomic mass is 79.9. The highest BCUT2D eigenvalue weighted by Crippen LogP contribution is 2.48. The van der Waals surface area contributed by atoms with E-state index in [0.29, 0.717) is 6.54 Å². The van der Waals surface area contributed by atoms with Crippen LogP contribution in [0, 0.1) is 27.9 Å².